The van der Waals surface area contributed by atoms with Crippen LogP contribution in [0.25, 0.3) is 0 Å². The predicted molar refractivity (Wildman–Crippen MR) is 349 cm³/mol. The first-order valence-electron chi connectivity index (χ1n) is 35.2. The number of unbranched alkanes of at least 4 members (excludes halogenated alkanes) is 31. The minimum Gasteiger partial charge on any atom is -0.462 e. The third-order valence-electron chi connectivity index (χ3n) is 15.6. The Morgan fingerprint density at radius 2 is 0.483 bits per heavy atom. The van der Waals surface area contributed by atoms with Gasteiger partial charge in [-0.05, 0) is 49.4 Å². The lowest BCUT2D eigenvalue weighted by Gasteiger charge is -2.21. The number of phosphoric acid groups is 2. The molecule has 19 heteroatoms. The van der Waals surface area contributed by atoms with Crippen molar-refractivity contribution in [3.05, 3.63) is 0 Å². The summed E-state index contributed by atoms with van der Waals surface area (Å²) in [6.45, 7) is 14.0. The second-order valence-corrected chi connectivity index (χ2v) is 29.4. The van der Waals surface area contributed by atoms with E-state index in [1.807, 2.05) is 0 Å². The lowest BCUT2D eigenvalue weighted by molar-refractivity contribution is -0.161. The van der Waals surface area contributed by atoms with Crippen molar-refractivity contribution >= 4 is 39.5 Å². The Kier molecular flexibility index (Phi) is 56.6. The Morgan fingerprint density at radius 3 is 0.713 bits per heavy atom. The average Bonchev–Trinajstić information content (AvgIpc) is 3.50. The molecule has 87 heavy (non-hydrogen) atoms. The van der Waals surface area contributed by atoms with Crippen LogP contribution in [0.15, 0.2) is 0 Å². The fraction of sp³-hybridized carbons (Fsp3) is 0.941. The van der Waals surface area contributed by atoms with Crippen molar-refractivity contribution in [3.8, 4) is 0 Å². The summed E-state index contributed by atoms with van der Waals surface area (Å²) in [6, 6.07) is 0. The molecule has 516 valence electrons. The van der Waals surface area contributed by atoms with E-state index in [0.717, 1.165) is 114 Å². The molecule has 0 radical (unpaired) electrons. The number of hydrogen-bond acceptors (Lipinski definition) is 15. The van der Waals surface area contributed by atoms with Gasteiger partial charge in [0.2, 0.25) is 0 Å². The fourth-order valence-corrected chi connectivity index (χ4v) is 11.7. The number of aliphatic hydroxyl groups is 1. The van der Waals surface area contributed by atoms with Gasteiger partial charge in [0.1, 0.15) is 19.3 Å². The van der Waals surface area contributed by atoms with Crippen molar-refractivity contribution in [2.24, 2.45) is 23.7 Å². The molecular formula is C68H132O17P2. The van der Waals surface area contributed by atoms with Gasteiger partial charge in [-0.25, -0.2) is 9.13 Å². The lowest BCUT2D eigenvalue weighted by Crippen LogP contribution is -2.30. The average molecular weight is 1280 g/mol. The Hall–Kier alpha value is -1.94. The molecule has 0 aromatic carbocycles. The van der Waals surface area contributed by atoms with Gasteiger partial charge in [0.05, 0.1) is 26.4 Å². The normalized spacial score (nSPS) is 14.3. The van der Waals surface area contributed by atoms with Gasteiger partial charge in [-0.2, -0.15) is 0 Å². The first-order chi connectivity index (χ1) is 41.6. The zero-order valence-corrected chi connectivity index (χ0v) is 58.4. The minimum absolute atomic E-state index is 0.104. The molecule has 0 aliphatic carbocycles. The standard InChI is InChI=1S/C68H132O17P2/c1-58(2)44-36-28-20-14-10-9-11-17-24-34-42-50-67(72)84-63(54-78-65(70)48-40-32-23-18-12-15-21-29-37-45-59(3)4)56-82-86(74,75)80-52-62(69)53-81-87(76,77)83-57-64(55-79-66(71)49-41-33-27-26-31-39-47-61(7)8)85-68(73)51-43-35-25-19-13-16-22-30-38-46-60(5)6/h58-64,69H,9-57H2,1-8H3,(H,74,75)(H,76,77)/t62-,63-,64-/m1/s1. The molecule has 0 saturated heterocycles. The molecular weight excluding hydrogens is 1150 g/mol. The highest BCUT2D eigenvalue weighted by molar-refractivity contribution is 7.47. The maximum atomic E-state index is 13.0. The predicted octanol–water partition coefficient (Wildman–Crippen LogP) is 18.9. The quantitative estimate of drug-likeness (QED) is 0.0222. The summed E-state index contributed by atoms with van der Waals surface area (Å²) in [4.78, 5) is 72.4. The van der Waals surface area contributed by atoms with E-state index in [2.05, 4.69) is 55.4 Å². The van der Waals surface area contributed by atoms with Crippen LogP contribution in [-0.4, -0.2) is 96.7 Å². The van der Waals surface area contributed by atoms with Gasteiger partial charge >= 0.3 is 39.5 Å². The van der Waals surface area contributed by atoms with E-state index in [4.69, 9.17) is 37.0 Å². The summed E-state index contributed by atoms with van der Waals surface area (Å²) in [5, 5.41) is 10.6. The van der Waals surface area contributed by atoms with Crippen LogP contribution in [0.4, 0.5) is 0 Å². The van der Waals surface area contributed by atoms with Crippen molar-refractivity contribution in [1.82, 2.24) is 0 Å². The second kappa shape index (κ2) is 57.9. The van der Waals surface area contributed by atoms with E-state index in [1.54, 1.807) is 0 Å². The first-order valence-corrected chi connectivity index (χ1v) is 38.2. The molecule has 0 aromatic heterocycles. The largest absolute Gasteiger partial charge is 0.472 e. The number of ether oxygens (including phenoxy) is 4. The van der Waals surface area contributed by atoms with Crippen molar-refractivity contribution in [2.75, 3.05) is 39.6 Å². The number of phosphoric ester groups is 2. The van der Waals surface area contributed by atoms with Crippen LogP contribution in [-0.2, 0) is 65.4 Å². The highest BCUT2D eigenvalue weighted by Crippen LogP contribution is 2.45. The van der Waals surface area contributed by atoms with E-state index >= 15 is 0 Å². The molecule has 17 nitrogen and oxygen atoms in total. The van der Waals surface area contributed by atoms with E-state index in [9.17, 15) is 43.2 Å². The summed E-state index contributed by atoms with van der Waals surface area (Å²) in [6.07, 6.45) is 39.1. The summed E-state index contributed by atoms with van der Waals surface area (Å²) in [5.74, 6) is 0.791. The molecule has 0 bridgehead atoms. The van der Waals surface area contributed by atoms with E-state index < -0.39 is 97.5 Å². The van der Waals surface area contributed by atoms with E-state index in [0.29, 0.717) is 31.6 Å². The Labute approximate surface area is 530 Å². The van der Waals surface area contributed by atoms with Gasteiger partial charge in [0.25, 0.3) is 0 Å². The third kappa shape index (κ3) is 62.6. The smallest absolute Gasteiger partial charge is 0.462 e. The molecule has 0 aliphatic rings. The monoisotopic (exact) mass is 1280 g/mol. The minimum atomic E-state index is -4.95. The Morgan fingerprint density at radius 1 is 0.287 bits per heavy atom. The lowest BCUT2D eigenvalue weighted by atomic mass is 10.0. The number of esters is 4. The second-order valence-electron chi connectivity index (χ2n) is 26.5. The van der Waals surface area contributed by atoms with Crippen molar-refractivity contribution in [2.45, 2.75) is 350 Å². The van der Waals surface area contributed by atoms with E-state index in [-0.39, 0.29) is 25.7 Å². The molecule has 0 heterocycles. The van der Waals surface area contributed by atoms with Crippen LogP contribution < -0.4 is 0 Å². The summed E-state index contributed by atoms with van der Waals surface area (Å²) >= 11 is 0. The van der Waals surface area contributed by atoms with E-state index in [1.165, 1.54) is 128 Å². The number of hydrogen-bond donors (Lipinski definition) is 3. The first kappa shape index (κ1) is 85.1. The maximum Gasteiger partial charge on any atom is 0.472 e. The Bertz CT molecular complexity index is 1730. The van der Waals surface area contributed by atoms with Gasteiger partial charge < -0.3 is 33.8 Å². The van der Waals surface area contributed by atoms with Crippen LogP contribution in [0.5, 0.6) is 0 Å². The van der Waals surface area contributed by atoms with Crippen molar-refractivity contribution in [3.63, 3.8) is 0 Å². The van der Waals surface area contributed by atoms with Gasteiger partial charge in [0.15, 0.2) is 12.2 Å². The molecule has 0 aliphatic heterocycles. The van der Waals surface area contributed by atoms with Crippen LogP contribution >= 0.6 is 15.6 Å². The SMILES string of the molecule is CC(C)CCCCCCCCCCCCCC(=O)O[C@H](COC(=O)CCCCCCCCCCCC(C)C)COP(=O)(O)OC[C@@H](O)COP(=O)(O)OC[C@@H](COC(=O)CCCCCCCCC(C)C)OC(=O)CCCCCCCCCCCC(C)C. The van der Waals surface area contributed by atoms with Gasteiger partial charge in [-0.15, -0.1) is 0 Å². The molecule has 5 atom stereocenters. The maximum absolute atomic E-state index is 13.0. The molecule has 3 N–H and O–H groups in total. The van der Waals surface area contributed by atoms with Crippen molar-refractivity contribution < 1.29 is 80.2 Å². The highest BCUT2D eigenvalue weighted by Gasteiger charge is 2.30. The Balaban J connectivity index is 5.26. The molecule has 2 unspecified atom stereocenters. The number of aliphatic hydroxyl groups excluding tert-OH is 1. The highest BCUT2D eigenvalue weighted by atomic mass is 31.2. The van der Waals surface area contributed by atoms with Crippen molar-refractivity contribution in [1.29, 1.82) is 0 Å². The summed E-state index contributed by atoms with van der Waals surface area (Å²) in [5.41, 5.74) is 0. The number of carbonyl (C=O) groups is 4. The zero-order valence-electron chi connectivity index (χ0n) is 56.6. The summed E-state index contributed by atoms with van der Waals surface area (Å²) in [7, 11) is -9.90. The number of rotatable bonds is 65. The van der Waals surface area contributed by atoms with Crippen LogP contribution in [0.2, 0.25) is 0 Å². The molecule has 0 fully saturated rings. The molecule has 0 saturated carbocycles. The molecule has 0 aromatic rings. The fourth-order valence-electron chi connectivity index (χ4n) is 10.1. The molecule has 0 rings (SSSR count). The van der Waals surface area contributed by atoms with Gasteiger partial charge in [-0.1, -0.05) is 280 Å². The van der Waals surface area contributed by atoms with Gasteiger partial charge in [0, 0.05) is 25.7 Å². The van der Waals surface area contributed by atoms with Crippen LogP contribution in [0.3, 0.4) is 0 Å². The molecule has 0 spiro atoms. The third-order valence-corrected chi connectivity index (χ3v) is 17.5. The molecule has 0 amide bonds. The summed E-state index contributed by atoms with van der Waals surface area (Å²) < 4.78 is 68.2. The van der Waals surface area contributed by atoms with Gasteiger partial charge in [-0.3, -0.25) is 37.3 Å². The van der Waals surface area contributed by atoms with Crippen LogP contribution in [0.1, 0.15) is 331 Å². The number of carbonyl (C=O) groups excluding carboxylic acids is 4. The topological polar surface area (TPSA) is 237 Å². The van der Waals surface area contributed by atoms with Crippen LogP contribution in [0, 0.1) is 23.7 Å². The zero-order chi connectivity index (χ0) is 64.7.